The number of nitrogens with zero attached hydrogens (tertiary/aromatic N) is 5. The van der Waals surface area contributed by atoms with E-state index in [0.717, 1.165) is 12.2 Å². The zero-order valence-electron chi connectivity index (χ0n) is 12.7. The molecule has 1 aliphatic rings. The number of aromatic nitrogens is 4. The summed E-state index contributed by atoms with van der Waals surface area (Å²) in [7, 11) is 2.20. The van der Waals surface area contributed by atoms with Crippen molar-refractivity contribution in [1.82, 2.24) is 25.1 Å². The Morgan fingerprint density at radius 1 is 1.24 bits per heavy atom. The zero-order valence-corrected chi connectivity index (χ0v) is 12.7. The van der Waals surface area contributed by atoms with E-state index in [1.165, 1.54) is 37.1 Å². The summed E-state index contributed by atoms with van der Waals surface area (Å²) in [5.41, 5.74) is 3.42. The van der Waals surface area contributed by atoms with Gasteiger partial charge >= 0.3 is 0 Å². The minimum Gasteiger partial charge on any atom is -0.382 e. The SMILES string of the molecule is Cc1ccc(-n2cnnn2)cc1NC1CCCN(C)CC1. The quantitative estimate of drug-likeness (QED) is 0.933. The van der Waals surface area contributed by atoms with Crippen molar-refractivity contribution in [3.8, 4) is 5.69 Å². The first-order valence-corrected chi connectivity index (χ1v) is 7.51. The third kappa shape index (κ3) is 3.39. The Bertz CT molecular complexity index is 580. The van der Waals surface area contributed by atoms with Crippen molar-refractivity contribution < 1.29 is 0 Å². The average Bonchev–Trinajstić information content (AvgIpc) is 2.93. The fourth-order valence-electron chi connectivity index (χ4n) is 2.79. The minimum atomic E-state index is 0.540. The number of nitrogens with one attached hydrogen (secondary N) is 1. The van der Waals surface area contributed by atoms with Crippen LogP contribution < -0.4 is 5.32 Å². The van der Waals surface area contributed by atoms with Crippen LogP contribution in [0.5, 0.6) is 0 Å². The van der Waals surface area contributed by atoms with Gasteiger partial charge in [0.2, 0.25) is 0 Å². The molecule has 6 nitrogen and oxygen atoms in total. The number of rotatable bonds is 3. The predicted octanol–water partition coefficient (Wildman–Crippen LogP) is 1.87. The van der Waals surface area contributed by atoms with Gasteiger partial charge in [-0.15, -0.1) is 5.10 Å². The molecule has 1 N–H and O–H groups in total. The first kappa shape index (κ1) is 14.0. The van der Waals surface area contributed by atoms with Crippen LogP contribution in [0.4, 0.5) is 5.69 Å². The number of tetrazole rings is 1. The first-order valence-electron chi connectivity index (χ1n) is 7.51. The monoisotopic (exact) mass is 286 g/mol. The zero-order chi connectivity index (χ0) is 14.7. The molecule has 1 atom stereocenters. The normalized spacial score (nSPS) is 20.2. The van der Waals surface area contributed by atoms with E-state index in [1.807, 2.05) is 6.07 Å². The van der Waals surface area contributed by atoms with Crippen LogP contribution in [0.2, 0.25) is 0 Å². The third-order valence-corrected chi connectivity index (χ3v) is 4.15. The second kappa shape index (κ2) is 6.22. The van der Waals surface area contributed by atoms with Crippen molar-refractivity contribution in [3.63, 3.8) is 0 Å². The van der Waals surface area contributed by atoms with Gasteiger partial charge in [0.1, 0.15) is 6.33 Å². The van der Waals surface area contributed by atoms with Gasteiger partial charge in [-0.2, -0.15) is 0 Å². The molecule has 0 aliphatic carbocycles. The Hall–Kier alpha value is -1.95. The van der Waals surface area contributed by atoms with Gasteiger partial charge in [0.25, 0.3) is 0 Å². The number of hydrogen-bond acceptors (Lipinski definition) is 5. The molecule has 0 radical (unpaired) electrons. The van der Waals surface area contributed by atoms with E-state index in [1.54, 1.807) is 11.0 Å². The molecule has 0 amide bonds. The molecule has 1 saturated heterocycles. The molecule has 21 heavy (non-hydrogen) atoms. The van der Waals surface area contributed by atoms with Crippen molar-refractivity contribution in [2.45, 2.75) is 32.2 Å². The summed E-state index contributed by atoms with van der Waals surface area (Å²) in [6.07, 6.45) is 5.28. The second-order valence-corrected chi connectivity index (χ2v) is 5.83. The second-order valence-electron chi connectivity index (χ2n) is 5.83. The van der Waals surface area contributed by atoms with Crippen LogP contribution in [-0.2, 0) is 0 Å². The highest BCUT2D eigenvalue weighted by atomic mass is 15.5. The number of likely N-dealkylation sites (tertiary alicyclic amines) is 1. The lowest BCUT2D eigenvalue weighted by atomic mass is 10.1. The van der Waals surface area contributed by atoms with Crippen LogP contribution in [-0.4, -0.2) is 51.3 Å². The number of hydrogen-bond donors (Lipinski definition) is 1. The summed E-state index contributed by atoms with van der Waals surface area (Å²) in [5, 5.41) is 15.0. The van der Waals surface area contributed by atoms with E-state index in [-0.39, 0.29) is 0 Å². The predicted molar refractivity (Wildman–Crippen MR) is 82.6 cm³/mol. The number of aryl methyl sites for hydroxylation is 1. The number of benzene rings is 1. The molecule has 1 unspecified atom stereocenters. The Morgan fingerprint density at radius 2 is 2.14 bits per heavy atom. The number of anilines is 1. The average molecular weight is 286 g/mol. The smallest absolute Gasteiger partial charge is 0.143 e. The van der Waals surface area contributed by atoms with Gasteiger partial charge in [-0.25, -0.2) is 4.68 Å². The van der Waals surface area contributed by atoms with Crippen molar-refractivity contribution in [2.75, 3.05) is 25.5 Å². The largest absolute Gasteiger partial charge is 0.382 e. The van der Waals surface area contributed by atoms with E-state index < -0.39 is 0 Å². The van der Waals surface area contributed by atoms with Crippen LogP contribution >= 0.6 is 0 Å². The Kier molecular flexibility index (Phi) is 4.15. The van der Waals surface area contributed by atoms with Crippen LogP contribution in [0.3, 0.4) is 0 Å². The van der Waals surface area contributed by atoms with Gasteiger partial charge in [-0.05, 0) is 74.4 Å². The molecule has 1 aliphatic heterocycles. The molecule has 112 valence electrons. The third-order valence-electron chi connectivity index (χ3n) is 4.15. The molecule has 2 heterocycles. The van der Waals surface area contributed by atoms with Gasteiger partial charge in [-0.3, -0.25) is 0 Å². The van der Waals surface area contributed by atoms with Gasteiger partial charge in [0.15, 0.2) is 0 Å². The molecule has 0 spiro atoms. The van der Waals surface area contributed by atoms with E-state index in [4.69, 9.17) is 0 Å². The van der Waals surface area contributed by atoms with Crippen LogP contribution in [0.1, 0.15) is 24.8 Å². The van der Waals surface area contributed by atoms with Gasteiger partial charge in [0, 0.05) is 11.7 Å². The molecule has 1 fully saturated rings. The topological polar surface area (TPSA) is 58.9 Å². The lowest BCUT2D eigenvalue weighted by Crippen LogP contribution is -2.23. The summed E-state index contributed by atoms with van der Waals surface area (Å²) in [5.74, 6) is 0. The summed E-state index contributed by atoms with van der Waals surface area (Å²) in [6, 6.07) is 6.82. The summed E-state index contributed by atoms with van der Waals surface area (Å²) >= 11 is 0. The van der Waals surface area contributed by atoms with E-state index in [9.17, 15) is 0 Å². The highest BCUT2D eigenvalue weighted by Crippen LogP contribution is 2.22. The summed E-state index contributed by atoms with van der Waals surface area (Å²) < 4.78 is 1.69. The van der Waals surface area contributed by atoms with E-state index in [0.29, 0.717) is 6.04 Å². The molecule has 0 bridgehead atoms. The molecule has 1 aromatic heterocycles. The Balaban J connectivity index is 1.76. The highest BCUT2D eigenvalue weighted by Gasteiger charge is 2.15. The van der Waals surface area contributed by atoms with Gasteiger partial charge in [0.05, 0.1) is 5.69 Å². The van der Waals surface area contributed by atoms with Gasteiger partial charge in [-0.1, -0.05) is 6.07 Å². The molecule has 6 heteroatoms. The molecule has 0 saturated carbocycles. The van der Waals surface area contributed by atoms with Gasteiger partial charge < -0.3 is 10.2 Å². The molecule has 3 rings (SSSR count). The molecule has 1 aromatic carbocycles. The van der Waals surface area contributed by atoms with Crippen molar-refractivity contribution in [3.05, 3.63) is 30.1 Å². The van der Waals surface area contributed by atoms with Crippen LogP contribution in [0.25, 0.3) is 5.69 Å². The highest BCUT2D eigenvalue weighted by molar-refractivity contribution is 5.57. The lowest BCUT2D eigenvalue weighted by Gasteiger charge is -2.20. The van der Waals surface area contributed by atoms with E-state index in [2.05, 4.69) is 51.8 Å². The maximum absolute atomic E-state index is 3.95. The standard InChI is InChI=1S/C15H22N6/c1-12-5-6-14(21-11-16-18-19-21)10-15(12)17-13-4-3-8-20(2)9-7-13/h5-6,10-11,13,17H,3-4,7-9H2,1-2H3. The summed E-state index contributed by atoms with van der Waals surface area (Å²) in [4.78, 5) is 2.41. The Morgan fingerprint density at radius 3 is 2.95 bits per heavy atom. The molecular formula is C15H22N6. The van der Waals surface area contributed by atoms with Crippen molar-refractivity contribution in [1.29, 1.82) is 0 Å². The fourth-order valence-corrected chi connectivity index (χ4v) is 2.79. The summed E-state index contributed by atoms with van der Waals surface area (Å²) in [6.45, 7) is 4.49. The van der Waals surface area contributed by atoms with Crippen molar-refractivity contribution >= 4 is 5.69 Å². The molecule has 2 aromatic rings. The Labute approximate surface area is 125 Å². The molecular weight excluding hydrogens is 264 g/mol. The maximum Gasteiger partial charge on any atom is 0.143 e. The van der Waals surface area contributed by atoms with E-state index >= 15 is 0 Å². The van der Waals surface area contributed by atoms with Crippen LogP contribution in [0.15, 0.2) is 24.5 Å². The first-order chi connectivity index (χ1) is 10.2. The lowest BCUT2D eigenvalue weighted by molar-refractivity contribution is 0.348. The maximum atomic E-state index is 3.95. The fraction of sp³-hybridized carbons (Fsp3) is 0.533. The van der Waals surface area contributed by atoms with Crippen molar-refractivity contribution in [2.24, 2.45) is 0 Å². The minimum absolute atomic E-state index is 0.540. The van der Waals surface area contributed by atoms with Crippen LogP contribution in [0, 0.1) is 6.92 Å².